The molecule has 16 nitrogen and oxygen atoms in total. The van der Waals surface area contributed by atoms with E-state index in [1.54, 1.807) is 35.7 Å². The van der Waals surface area contributed by atoms with E-state index in [9.17, 15) is 19.8 Å². The summed E-state index contributed by atoms with van der Waals surface area (Å²) < 4.78 is 44.7. The van der Waals surface area contributed by atoms with Gasteiger partial charge in [-0.2, -0.15) is 15.5 Å². The molecule has 1 unspecified atom stereocenters. The maximum atomic E-state index is 13.2. The standard InChI is InChI=1S/C43H67N8O8P/c1-4-5-6-7-8-9-10-11-12-13-14-15-16-17-18-19-24-56-29-38(57-28-35-20-22-39(36(25-35)27-44)50-34-46-32-48-50)30-58-60(53,54)59-31-43(2,55-3)41(52)26-37-21-23-40-42(45)47-33-49-51(37)40/h20-23,25,32-34,38,41,52H,4-19,24,26,28-31H2,1-3H3,(H,53,54)(H2,45,47,49)/t38-,41+,43-/m1/s1. The highest BCUT2D eigenvalue weighted by Gasteiger charge is 2.38. The van der Waals surface area contributed by atoms with Gasteiger partial charge in [-0.3, -0.25) is 9.05 Å². The largest absolute Gasteiger partial charge is 0.472 e. The van der Waals surface area contributed by atoms with E-state index in [-0.39, 0.29) is 26.2 Å². The number of aromatic nitrogens is 6. The van der Waals surface area contributed by atoms with Gasteiger partial charge in [0, 0.05) is 25.8 Å². The van der Waals surface area contributed by atoms with Crippen molar-refractivity contribution in [2.45, 2.75) is 147 Å². The van der Waals surface area contributed by atoms with Crippen LogP contribution in [0, 0.1) is 11.3 Å². The lowest BCUT2D eigenvalue weighted by Crippen LogP contribution is -2.46. The van der Waals surface area contributed by atoms with E-state index in [1.807, 2.05) is 6.07 Å². The van der Waals surface area contributed by atoms with Gasteiger partial charge in [0.05, 0.1) is 43.8 Å². The first-order chi connectivity index (χ1) is 29.1. The number of rotatable bonds is 33. The van der Waals surface area contributed by atoms with Gasteiger partial charge in [0.1, 0.15) is 42.3 Å². The number of anilines is 1. The summed E-state index contributed by atoms with van der Waals surface area (Å²) >= 11 is 0. The number of nitrogen functional groups attached to an aromatic ring is 1. The van der Waals surface area contributed by atoms with Gasteiger partial charge in [-0.05, 0) is 43.2 Å². The van der Waals surface area contributed by atoms with E-state index < -0.39 is 32.2 Å². The third-order valence-electron chi connectivity index (χ3n) is 10.9. The molecule has 3 heterocycles. The van der Waals surface area contributed by atoms with Crippen LogP contribution >= 0.6 is 7.82 Å². The number of nitrogens with two attached hydrogens (primary N) is 1. The number of hydrogen-bond donors (Lipinski definition) is 3. The molecule has 0 amide bonds. The first kappa shape index (κ1) is 48.9. The minimum Gasteiger partial charge on any atom is -0.390 e. The fraction of sp³-hybridized carbons (Fsp3) is 0.651. The monoisotopic (exact) mass is 854 g/mol. The maximum Gasteiger partial charge on any atom is 0.472 e. The second-order valence-electron chi connectivity index (χ2n) is 15.7. The molecule has 17 heteroatoms. The third kappa shape index (κ3) is 16.6. The zero-order valence-electron chi connectivity index (χ0n) is 35.8. The van der Waals surface area contributed by atoms with Gasteiger partial charge < -0.3 is 29.9 Å². The summed E-state index contributed by atoms with van der Waals surface area (Å²) in [6.07, 6.45) is 22.9. The lowest BCUT2D eigenvalue weighted by molar-refractivity contribution is -0.116. The molecular weight excluding hydrogens is 787 g/mol. The number of phosphoric ester groups is 1. The van der Waals surface area contributed by atoms with Gasteiger partial charge in [0.15, 0.2) is 5.82 Å². The molecule has 0 spiro atoms. The van der Waals surface area contributed by atoms with Crippen LogP contribution in [0.15, 0.2) is 49.3 Å². The highest BCUT2D eigenvalue weighted by molar-refractivity contribution is 7.47. The smallest absolute Gasteiger partial charge is 0.390 e. The average Bonchev–Trinajstić information content (AvgIpc) is 3.94. The quantitative estimate of drug-likeness (QED) is 0.0305. The van der Waals surface area contributed by atoms with Crippen LogP contribution in [0.25, 0.3) is 11.2 Å². The Morgan fingerprint density at radius 2 is 1.57 bits per heavy atom. The van der Waals surface area contributed by atoms with E-state index in [0.717, 1.165) is 19.3 Å². The molecule has 0 aliphatic rings. The van der Waals surface area contributed by atoms with Crippen molar-refractivity contribution in [3.05, 3.63) is 66.1 Å². The second kappa shape index (κ2) is 26.5. The van der Waals surface area contributed by atoms with Crippen LogP contribution in [-0.4, -0.2) is 90.7 Å². The fourth-order valence-corrected chi connectivity index (χ4v) is 7.76. The number of aliphatic hydroxyl groups is 1. The van der Waals surface area contributed by atoms with Crippen molar-refractivity contribution in [2.24, 2.45) is 0 Å². The number of ether oxygens (including phenoxy) is 3. The number of nitrogens with zero attached hydrogens (tertiary/aromatic N) is 7. The number of methoxy groups -OCH3 is 1. The zero-order valence-corrected chi connectivity index (χ0v) is 36.7. The molecule has 1 aromatic carbocycles. The molecule has 0 saturated heterocycles. The number of unbranched alkanes of at least 4 members (excludes halogenated alkanes) is 15. The summed E-state index contributed by atoms with van der Waals surface area (Å²) in [5, 5.41) is 29.3. The number of phosphoric acid groups is 1. The molecule has 3 aromatic heterocycles. The van der Waals surface area contributed by atoms with Crippen molar-refractivity contribution in [2.75, 3.05) is 39.3 Å². The van der Waals surface area contributed by atoms with Gasteiger partial charge in [0.2, 0.25) is 0 Å². The highest BCUT2D eigenvalue weighted by atomic mass is 31.2. The van der Waals surface area contributed by atoms with Crippen molar-refractivity contribution in [1.29, 1.82) is 5.26 Å². The van der Waals surface area contributed by atoms with Crippen molar-refractivity contribution in [1.82, 2.24) is 29.4 Å². The van der Waals surface area contributed by atoms with E-state index in [1.165, 1.54) is 114 Å². The van der Waals surface area contributed by atoms with Gasteiger partial charge in [0.25, 0.3) is 0 Å². The molecule has 4 rings (SSSR count). The first-order valence-corrected chi connectivity index (χ1v) is 23.1. The number of fused-ring (bicyclic) bond motifs is 1. The average molecular weight is 855 g/mol. The summed E-state index contributed by atoms with van der Waals surface area (Å²) in [6, 6.07) is 10.9. The van der Waals surface area contributed by atoms with Crippen molar-refractivity contribution in [3.8, 4) is 11.8 Å². The third-order valence-corrected chi connectivity index (χ3v) is 11.8. The number of aliphatic hydroxyl groups excluding tert-OH is 1. The van der Waals surface area contributed by atoms with Crippen LogP contribution in [0.2, 0.25) is 0 Å². The van der Waals surface area contributed by atoms with E-state index >= 15 is 0 Å². The van der Waals surface area contributed by atoms with Crippen LogP contribution in [0.3, 0.4) is 0 Å². The Morgan fingerprint density at radius 1 is 0.900 bits per heavy atom. The lowest BCUT2D eigenvalue weighted by atomic mass is 9.96. The molecule has 4 aromatic rings. The maximum absolute atomic E-state index is 13.2. The highest BCUT2D eigenvalue weighted by Crippen LogP contribution is 2.44. The SMILES string of the molecule is CCCCCCCCCCCCCCCCCCOC[C@H](COP(=O)(O)OC[C@@](C)(OC)[C@@H](O)Cc1ccc2c(N)ncnn12)OCc1ccc(-n2cncn2)c(C#N)c1. The van der Waals surface area contributed by atoms with E-state index in [4.69, 9.17) is 29.0 Å². The molecular formula is C43H67N8O8P. The fourth-order valence-electron chi connectivity index (χ4n) is 6.91. The first-order valence-electron chi connectivity index (χ1n) is 21.6. The van der Waals surface area contributed by atoms with E-state index in [2.05, 4.69) is 33.2 Å². The summed E-state index contributed by atoms with van der Waals surface area (Å²) in [7, 11) is -3.28. The predicted molar refractivity (Wildman–Crippen MR) is 229 cm³/mol. The van der Waals surface area contributed by atoms with Gasteiger partial charge in [-0.25, -0.2) is 23.7 Å². The van der Waals surface area contributed by atoms with Gasteiger partial charge >= 0.3 is 7.82 Å². The normalized spacial score (nSPS) is 14.8. The Labute approximate surface area is 355 Å². The summed E-state index contributed by atoms with van der Waals surface area (Å²) in [5.41, 5.74) is 7.43. The minimum absolute atomic E-state index is 0.0783. The molecule has 60 heavy (non-hydrogen) atoms. The van der Waals surface area contributed by atoms with Crippen LogP contribution in [0.5, 0.6) is 0 Å². The Hall–Kier alpha value is -3.78. The van der Waals surface area contributed by atoms with Crippen LogP contribution in [0.1, 0.15) is 133 Å². The van der Waals surface area contributed by atoms with Crippen LogP contribution < -0.4 is 5.73 Å². The molecule has 0 aliphatic carbocycles. The van der Waals surface area contributed by atoms with Crippen LogP contribution in [0.4, 0.5) is 5.82 Å². The number of hydrogen-bond acceptors (Lipinski definition) is 13. The predicted octanol–water partition coefficient (Wildman–Crippen LogP) is 8.07. The minimum atomic E-state index is -4.66. The molecule has 0 fully saturated rings. The van der Waals surface area contributed by atoms with Crippen molar-refractivity contribution in [3.63, 3.8) is 0 Å². The van der Waals surface area contributed by atoms with Crippen molar-refractivity contribution < 1.29 is 37.8 Å². The Bertz CT molecular complexity index is 1890. The molecule has 0 saturated carbocycles. The molecule has 4 N–H and O–H groups in total. The summed E-state index contributed by atoms with van der Waals surface area (Å²) in [5.74, 6) is 0.294. The molecule has 0 radical (unpaired) electrons. The Balaban J connectivity index is 1.22. The molecule has 0 aliphatic heterocycles. The zero-order chi connectivity index (χ0) is 43.1. The summed E-state index contributed by atoms with van der Waals surface area (Å²) in [4.78, 5) is 18.7. The lowest BCUT2D eigenvalue weighted by Gasteiger charge is -2.33. The van der Waals surface area contributed by atoms with Gasteiger partial charge in [-0.1, -0.05) is 109 Å². The Morgan fingerprint density at radius 3 is 2.18 bits per heavy atom. The van der Waals surface area contributed by atoms with Crippen LogP contribution in [-0.2, 0) is 40.9 Å². The molecule has 4 atom stereocenters. The number of nitriles is 1. The molecule has 332 valence electrons. The summed E-state index contributed by atoms with van der Waals surface area (Å²) in [6.45, 7) is 3.74. The molecule has 0 bridgehead atoms. The Kier molecular flexibility index (Phi) is 21.6. The number of benzene rings is 1. The second-order valence-corrected chi connectivity index (χ2v) is 17.1. The topological polar surface area (TPSA) is 214 Å². The van der Waals surface area contributed by atoms with Gasteiger partial charge in [-0.15, -0.1) is 0 Å². The van der Waals surface area contributed by atoms with Crippen molar-refractivity contribution >= 4 is 19.2 Å². The van der Waals surface area contributed by atoms with E-state index in [0.29, 0.717) is 40.4 Å².